The van der Waals surface area contributed by atoms with Crippen molar-refractivity contribution < 1.29 is 8.42 Å². The summed E-state index contributed by atoms with van der Waals surface area (Å²) in [6.07, 6.45) is 0. The highest BCUT2D eigenvalue weighted by Crippen LogP contribution is 2.34. The van der Waals surface area contributed by atoms with E-state index in [0.717, 1.165) is 11.3 Å². The summed E-state index contributed by atoms with van der Waals surface area (Å²) in [5, 5.41) is 3.30. The molecule has 0 aromatic heterocycles. The molecule has 1 aromatic carbocycles. The number of benzene rings is 1. The van der Waals surface area contributed by atoms with Gasteiger partial charge in [0.05, 0.1) is 5.02 Å². The number of nitrogens with zero attached hydrogens (tertiary/aromatic N) is 1. The van der Waals surface area contributed by atoms with Crippen LogP contribution in [0.1, 0.15) is 19.4 Å². The summed E-state index contributed by atoms with van der Waals surface area (Å²) >= 11 is 7.94. The molecule has 0 radical (unpaired) electrons. The van der Waals surface area contributed by atoms with Crippen molar-refractivity contribution in [3.8, 4) is 0 Å². The fourth-order valence-corrected chi connectivity index (χ4v) is 5.81. The van der Waals surface area contributed by atoms with E-state index in [4.69, 9.17) is 11.6 Å². The molecule has 118 valence electrons. The van der Waals surface area contributed by atoms with Crippen LogP contribution >= 0.6 is 23.4 Å². The maximum atomic E-state index is 12.9. The van der Waals surface area contributed by atoms with E-state index in [-0.39, 0.29) is 14.7 Å². The Balaban J connectivity index is 2.37. The number of rotatable bonds is 4. The van der Waals surface area contributed by atoms with Gasteiger partial charge in [-0.05, 0) is 38.6 Å². The van der Waals surface area contributed by atoms with Crippen LogP contribution in [-0.4, -0.2) is 43.4 Å². The topological polar surface area (TPSA) is 49.4 Å². The molecule has 1 N–H and O–H groups in total. The van der Waals surface area contributed by atoms with Crippen molar-refractivity contribution in [2.75, 3.05) is 25.9 Å². The van der Waals surface area contributed by atoms with E-state index in [2.05, 4.69) is 19.2 Å². The summed E-state index contributed by atoms with van der Waals surface area (Å²) in [6, 6.07) is 5.17. The lowest BCUT2D eigenvalue weighted by molar-refractivity contribution is 0.387. The van der Waals surface area contributed by atoms with Gasteiger partial charge in [0.25, 0.3) is 0 Å². The molecular formula is C14H21ClN2O2S2. The largest absolute Gasteiger partial charge is 0.316 e. The Morgan fingerprint density at radius 3 is 2.76 bits per heavy atom. The molecule has 1 aliphatic heterocycles. The summed E-state index contributed by atoms with van der Waals surface area (Å²) in [4.78, 5) is 0.208. The summed E-state index contributed by atoms with van der Waals surface area (Å²) in [5.41, 5.74) is 0.908. The molecule has 1 fully saturated rings. The summed E-state index contributed by atoms with van der Waals surface area (Å²) in [7, 11) is -1.72. The third-order valence-electron chi connectivity index (χ3n) is 3.38. The van der Waals surface area contributed by atoms with E-state index in [0.29, 0.717) is 19.6 Å². The molecule has 0 saturated carbocycles. The van der Waals surface area contributed by atoms with Crippen molar-refractivity contribution in [3.63, 3.8) is 0 Å². The average molecular weight is 349 g/mol. The lowest BCUT2D eigenvalue weighted by Crippen LogP contribution is -2.46. The predicted octanol–water partition coefficient (Wildman–Crippen LogP) is 2.58. The highest BCUT2D eigenvalue weighted by atomic mass is 35.5. The van der Waals surface area contributed by atoms with Crippen molar-refractivity contribution in [1.29, 1.82) is 0 Å². The van der Waals surface area contributed by atoms with Crippen LogP contribution in [0.4, 0.5) is 0 Å². The van der Waals surface area contributed by atoms with E-state index in [1.165, 1.54) is 0 Å². The average Bonchev–Trinajstić information content (AvgIpc) is 2.40. The first-order valence-electron chi connectivity index (χ1n) is 6.83. The first-order valence-corrected chi connectivity index (χ1v) is 9.64. The van der Waals surface area contributed by atoms with Gasteiger partial charge in [-0.3, -0.25) is 0 Å². The first-order chi connectivity index (χ1) is 9.76. The SMILES string of the molecule is CNCc1ccc(Cl)c(S(=O)(=O)N2CCSC(C)(C)C2)c1. The first kappa shape index (κ1) is 17.1. The minimum absolute atomic E-state index is 0.0691. The molecule has 0 spiro atoms. The van der Waals surface area contributed by atoms with Gasteiger partial charge in [-0.2, -0.15) is 16.1 Å². The van der Waals surface area contributed by atoms with Crippen LogP contribution in [0.15, 0.2) is 23.1 Å². The molecule has 0 atom stereocenters. The fraction of sp³-hybridized carbons (Fsp3) is 0.571. The van der Waals surface area contributed by atoms with Crippen LogP contribution in [0.2, 0.25) is 5.02 Å². The zero-order chi connectivity index (χ0) is 15.7. The van der Waals surface area contributed by atoms with Gasteiger partial charge in [0.2, 0.25) is 10.0 Å². The van der Waals surface area contributed by atoms with Crippen molar-refractivity contribution in [1.82, 2.24) is 9.62 Å². The quantitative estimate of drug-likeness (QED) is 0.908. The molecule has 1 heterocycles. The highest BCUT2D eigenvalue weighted by molar-refractivity contribution is 8.00. The number of thioether (sulfide) groups is 1. The van der Waals surface area contributed by atoms with Gasteiger partial charge in [-0.25, -0.2) is 8.42 Å². The van der Waals surface area contributed by atoms with E-state index >= 15 is 0 Å². The molecule has 0 amide bonds. The third-order valence-corrected chi connectivity index (χ3v) is 7.01. The molecule has 7 heteroatoms. The van der Waals surface area contributed by atoms with Crippen LogP contribution in [0.25, 0.3) is 0 Å². The molecule has 4 nitrogen and oxygen atoms in total. The Kier molecular flexibility index (Phi) is 5.26. The maximum absolute atomic E-state index is 12.9. The third kappa shape index (κ3) is 3.93. The normalized spacial score (nSPS) is 19.6. The Morgan fingerprint density at radius 1 is 1.43 bits per heavy atom. The molecular weight excluding hydrogens is 328 g/mol. The Morgan fingerprint density at radius 2 is 2.14 bits per heavy atom. The Labute approximate surface area is 136 Å². The second-order valence-electron chi connectivity index (χ2n) is 5.74. The number of halogens is 1. The Bertz CT molecular complexity index is 617. The number of nitrogens with one attached hydrogen (secondary N) is 1. The van der Waals surface area contributed by atoms with Crippen molar-refractivity contribution in [2.45, 2.75) is 30.0 Å². The number of sulfonamides is 1. The van der Waals surface area contributed by atoms with Gasteiger partial charge in [-0.15, -0.1) is 0 Å². The van der Waals surface area contributed by atoms with Gasteiger partial charge in [0.1, 0.15) is 4.90 Å². The minimum Gasteiger partial charge on any atom is -0.316 e. The second-order valence-corrected chi connectivity index (χ2v) is 9.86. The Hall–Kier alpha value is -0.270. The highest BCUT2D eigenvalue weighted by Gasteiger charge is 2.35. The molecule has 1 aromatic rings. The van der Waals surface area contributed by atoms with Crippen LogP contribution in [-0.2, 0) is 16.6 Å². The molecule has 1 aliphatic rings. The number of hydrogen-bond donors (Lipinski definition) is 1. The standard InChI is InChI=1S/C14H21ClN2O2S2/c1-14(2)10-17(6-7-20-14)21(18,19)13-8-11(9-16-3)4-5-12(13)15/h4-5,8,16H,6-7,9-10H2,1-3H3. The summed E-state index contributed by atoms with van der Waals surface area (Å²) < 4.78 is 27.2. The predicted molar refractivity (Wildman–Crippen MR) is 89.5 cm³/mol. The lowest BCUT2D eigenvalue weighted by Gasteiger charge is -2.36. The fourth-order valence-electron chi connectivity index (χ4n) is 2.38. The molecule has 0 bridgehead atoms. The molecule has 2 rings (SSSR count). The van der Waals surface area contributed by atoms with Gasteiger partial charge in [0.15, 0.2) is 0 Å². The van der Waals surface area contributed by atoms with Crippen LogP contribution in [0.5, 0.6) is 0 Å². The van der Waals surface area contributed by atoms with Gasteiger partial charge >= 0.3 is 0 Å². The van der Waals surface area contributed by atoms with Gasteiger partial charge < -0.3 is 5.32 Å². The smallest absolute Gasteiger partial charge is 0.244 e. The monoisotopic (exact) mass is 348 g/mol. The number of hydrogen-bond acceptors (Lipinski definition) is 4. The van der Waals surface area contributed by atoms with Crippen LogP contribution in [0, 0.1) is 0 Å². The van der Waals surface area contributed by atoms with E-state index < -0.39 is 10.0 Å². The van der Waals surface area contributed by atoms with E-state index in [1.807, 2.05) is 13.1 Å². The van der Waals surface area contributed by atoms with Gasteiger partial charge in [-0.1, -0.05) is 17.7 Å². The maximum Gasteiger partial charge on any atom is 0.244 e. The van der Waals surface area contributed by atoms with Gasteiger partial charge in [0, 0.05) is 30.1 Å². The minimum atomic E-state index is -3.54. The zero-order valence-corrected chi connectivity index (χ0v) is 14.9. The second kappa shape index (κ2) is 6.46. The molecule has 0 aliphatic carbocycles. The zero-order valence-electron chi connectivity index (χ0n) is 12.5. The summed E-state index contributed by atoms with van der Waals surface area (Å²) in [6.45, 7) is 5.79. The lowest BCUT2D eigenvalue weighted by atomic mass is 10.2. The van der Waals surface area contributed by atoms with E-state index in [9.17, 15) is 8.42 Å². The van der Waals surface area contributed by atoms with Crippen LogP contribution in [0.3, 0.4) is 0 Å². The summed E-state index contributed by atoms with van der Waals surface area (Å²) in [5.74, 6) is 0.806. The van der Waals surface area contributed by atoms with Crippen LogP contribution < -0.4 is 5.32 Å². The molecule has 21 heavy (non-hydrogen) atoms. The molecule has 1 saturated heterocycles. The van der Waals surface area contributed by atoms with Crippen molar-refractivity contribution >= 4 is 33.4 Å². The van der Waals surface area contributed by atoms with E-state index in [1.54, 1.807) is 28.2 Å². The van der Waals surface area contributed by atoms with Crippen molar-refractivity contribution in [2.24, 2.45) is 0 Å². The van der Waals surface area contributed by atoms with Crippen molar-refractivity contribution in [3.05, 3.63) is 28.8 Å². The molecule has 0 unspecified atom stereocenters.